The molecule has 0 amide bonds. The molecule has 1 aromatic carbocycles. The van der Waals surface area contributed by atoms with E-state index < -0.39 is 37.4 Å². The summed E-state index contributed by atoms with van der Waals surface area (Å²) in [5, 5.41) is 10.7. The zero-order chi connectivity index (χ0) is 13.9. The summed E-state index contributed by atoms with van der Waals surface area (Å²) in [6, 6.07) is 2.26. The van der Waals surface area contributed by atoms with Crippen LogP contribution in [-0.4, -0.2) is 25.9 Å². The molecular formula is C9H12FN3O4S. The van der Waals surface area contributed by atoms with Crippen LogP contribution in [0.4, 0.5) is 10.1 Å². The van der Waals surface area contributed by atoms with Crippen LogP contribution in [0.5, 0.6) is 0 Å². The van der Waals surface area contributed by atoms with E-state index in [2.05, 4.69) is 4.72 Å². The van der Waals surface area contributed by atoms with Gasteiger partial charge in [0.2, 0.25) is 15.8 Å². The quantitative estimate of drug-likeness (QED) is 0.595. The molecule has 3 N–H and O–H groups in total. The Balaban J connectivity index is 3.33. The predicted molar refractivity (Wildman–Crippen MR) is 61.9 cm³/mol. The number of sulfonamides is 1. The number of rotatable bonds is 5. The third kappa shape index (κ3) is 3.00. The molecule has 1 aromatic rings. The topological polar surface area (TPSA) is 115 Å². The number of nitro benzene ring substituents is 1. The summed E-state index contributed by atoms with van der Waals surface area (Å²) in [5.74, 6) is -1.21. The average molecular weight is 277 g/mol. The van der Waals surface area contributed by atoms with Crippen LogP contribution in [0.15, 0.2) is 23.1 Å². The van der Waals surface area contributed by atoms with Crippen LogP contribution >= 0.6 is 0 Å². The first-order valence-electron chi connectivity index (χ1n) is 4.95. The van der Waals surface area contributed by atoms with Crippen LogP contribution in [0.3, 0.4) is 0 Å². The zero-order valence-electron chi connectivity index (χ0n) is 9.46. The van der Waals surface area contributed by atoms with Crippen molar-refractivity contribution in [3.05, 3.63) is 34.1 Å². The minimum absolute atomic E-state index is 0.0162. The van der Waals surface area contributed by atoms with E-state index in [4.69, 9.17) is 5.73 Å². The standard InChI is InChI=1S/C9H12FN3O4S/c1-6(5-11)12-18(16,17)8-4-2-3-7(10)9(8)13(14)15/h2-4,6,12H,5,11H2,1H3/t6-/m1/s1. The number of benzene rings is 1. The smallest absolute Gasteiger partial charge is 0.324 e. The van der Waals surface area contributed by atoms with Crippen molar-refractivity contribution in [1.82, 2.24) is 4.72 Å². The normalized spacial score (nSPS) is 13.3. The molecule has 0 unspecified atom stereocenters. The van der Waals surface area contributed by atoms with Crippen LogP contribution in [0.2, 0.25) is 0 Å². The molecule has 1 atom stereocenters. The van der Waals surface area contributed by atoms with Gasteiger partial charge in [0.25, 0.3) is 0 Å². The highest BCUT2D eigenvalue weighted by Crippen LogP contribution is 2.26. The van der Waals surface area contributed by atoms with Gasteiger partial charge in [0.15, 0.2) is 4.90 Å². The molecule has 1 rings (SSSR count). The molecule has 7 nitrogen and oxygen atoms in total. The molecule has 0 aliphatic rings. The van der Waals surface area contributed by atoms with E-state index in [0.29, 0.717) is 0 Å². The van der Waals surface area contributed by atoms with Gasteiger partial charge in [0, 0.05) is 12.6 Å². The minimum atomic E-state index is -4.18. The lowest BCUT2D eigenvalue weighted by Gasteiger charge is -2.12. The van der Waals surface area contributed by atoms with Crippen LogP contribution < -0.4 is 10.5 Å². The van der Waals surface area contributed by atoms with E-state index in [9.17, 15) is 22.9 Å². The maximum Gasteiger partial charge on any atom is 0.324 e. The third-order valence-electron chi connectivity index (χ3n) is 2.13. The molecule has 0 aliphatic heterocycles. The summed E-state index contributed by atoms with van der Waals surface area (Å²) in [6.07, 6.45) is 0. The second-order valence-electron chi connectivity index (χ2n) is 3.60. The van der Waals surface area contributed by atoms with Gasteiger partial charge >= 0.3 is 5.69 Å². The Labute approximate surface area is 103 Å². The molecule has 0 radical (unpaired) electrons. The monoisotopic (exact) mass is 277 g/mol. The van der Waals surface area contributed by atoms with E-state index in [0.717, 1.165) is 18.2 Å². The number of nitro groups is 1. The van der Waals surface area contributed by atoms with E-state index in [1.807, 2.05) is 0 Å². The summed E-state index contributed by atoms with van der Waals surface area (Å²) < 4.78 is 39.1. The Morgan fingerprint density at radius 1 is 1.56 bits per heavy atom. The van der Waals surface area contributed by atoms with Gasteiger partial charge in [-0.2, -0.15) is 4.39 Å². The van der Waals surface area contributed by atoms with E-state index in [1.165, 1.54) is 6.92 Å². The fraction of sp³-hybridized carbons (Fsp3) is 0.333. The molecule has 0 bridgehead atoms. The third-order valence-corrected chi connectivity index (χ3v) is 3.75. The highest BCUT2D eigenvalue weighted by atomic mass is 32.2. The zero-order valence-corrected chi connectivity index (χ0v) is 10.3. The van der Waals surface area contributed by atoms with Gasteiger partial charge in [-0.05, 0) is 19.1 Å². The van der Waals surface area contributed by atoms with Gasteiger partial charge < -0.3 is 5.73 Å². The van der Waals surface area contributed by atoms with Crippen molar-refractivity contribution < 1.29 is 17.7 Å². The summed E-state index contributed by atoms with van der Waals surface area (Å²) in [5.41, 5.74) is 4.18. The van der Waals surface area contributed by atoms with Gasteiger partial charge in [-0.1, -0.05) is 6.07 Å². The van der Waals surface area contributed by atoms with Gasteiger partial charge in [-0.25, -0.2) is 13.1 Å². The number of nitrogens with one attached hydrogen (secondary N) is 1. The number of hydrogen-bond acceptors (Lipinski definition) is 5. The van der Waals surface area contributed by atoms with Crippen molar-refractivity contribution >= 4 is 15.7 Å². The second-order valence-corrected chi connectivity index (χ2v) is 5.28. The van der Waals surface area contributed by atoms with Crippen LogP contribution in [-0.2, 0) is 10.0 Å². The minimum Gasteiger partial charge on any atom is -0.329 e. The lowest BCUT2D eigenvalue weighted by Crippen LogP contribution is -2.38. The van der Waals surface area contributed by atoms with Gasteiger partial charge in [-0.15, -0.1) is 0 Å². The molecule has 0 saturated carbocycles. The number of halogens is 1. The van der Waals surface area contributed by atoms with Crippen molar-refractivity contribution in [2.45, 2.75) is 17.9 Å². The molecule has 0 aliphatic carbocycles. The largest absolute Gasteiger partial charge is 0.329 e. The first kappa shape index (κ1) is 14.5. The predicted octanol–water partition coefficient (Wildman–Crippen LogP) is 0.359. The summed E-state index contributed by atoms with van der Waals surface area (Å²) in [7, 11) is -4.18. The molecule has 9 heteroatoms. The second kappa shape index (κ2) is 5.38. The summed E-state index contributed by atoms with van der Waals surface area (Å²) >= 11 is 0. The van der Waals surface area contributed by atoms with Crippen molar-refractivity contribution in [2.75, 3.05) is 6.54 Å². The summed E-state index contributed by atoms with van der Waals surface area (Å²) in [4.78, 5) is 8.91. The SMILES string of the molecule is C[C@H](CN)NS(=O)(=O)c1cccc(F)c1[N+](=O)[O-]. The number of hydrogen-bond donors (Lipinski definition) is 2. The number of para-hydroxylation sites is 1. The lowest BCUT2D eigenvalue weighted by molar-refractivity contribution is -0.390. The van der Waals surface area contributed by atoms with Gasteiger partial charge in [0.1, 0.15) is 0 Å². The van der Waals surface area contributed by atoms with Crippen LogP contribution in [0, 0.1) is 15.9 Å². The number of nitrogens with two attached hydrogens (primary N) is 1. The molecule has 0 aromatic heterocycles. The molecule has 0 spiro atoms. The molecule has 0 saturated heterocycles. The highest BCUT2D eigenvalue weighted by Gasteiger charge is 2.29. The summed E-state index contributed by atoms with van der Waals surface area (Å²) in [6.45, 7) is 1.50. The van der Waals surface area contributed by atoms with Crippen molar-refractivity contribution in [1.29, 1.82) is 0 Å². The molecular weight excluding hydrogens is 265 g/mol. The molecule has 0 fully saturated rings. The van der Waals surface area contributed by atoms with E-state index in [1.54, 1.807) is 0 Å². The maximum absolute atomic E-state index is 13.3. The highest BCUT2D eigenvalue weighted by molar-refractivity contribution is 7.89. The van der Waals surface area contributed by atoms with Gasteiger partial charge in [0.05, 0.1) is 4.92 Å². The van der Waals surface area contributed by atoms with Crippen molar-refractivity contribution in [2.24, 2.45) is 5.73 Å². The fourth-order valence-corrected chi connectivity index (χ4v) is 2.70. The first-order chi connectivity index (χ1) is 8.29. The Morgan fingerprint density at radius 2 is 2.17 bits per heavy atom. The molecule has 0 heterocycles. The van der Waals surface area contributed by atoms with Crippen molar-refractivity contribution in [3.8, 4) is 0 Å². The van der Waals surface area contributed by atoms with E-state index >= 15 is 0 Å². The Hall–Kier alpha value is -1.58. The van der Waals surface area contributed by atoms with Crippen LogP contribution in [0.25, 0.3) is 0 Å². The maximum atomic E-state index is 13.3. The molecule has 18 heavy (non-hydrogen) atoms. The fourth-order valence-electron chi connectivity index (χ4n) is 1.27. The van der Waals surface area contributed by atoms with E-state index in [-0.39, 0.29) is 6.54 Å². The number of nitrogens with zero attached hydrogens (tertiary/aromatic N) is 1. The first-order valence-corrected chi connectivity index (χ1v) is 6.43. The Bertz CT molecular complexity index is 561. The Morgan fingerprint density at radius 3 is 2.67 bits per heavy atom. The van der Waals surface area contributed by atoms with Gasteiger partial charge in [-0.3, -0.25) is 10.1 Å². The van der Waals surface area contributed by atoms with Crippen molar-refractivity contribution in [3.63, 3.8) is 0 Å². The average Bonchev–Trinajstić information content (AvgIpc) is 2.27. The Kier molecular flexibility index (Phi) is 4.33. The lowest BCUT2D eigenvalue weighted by atomic mass is 10.3. The van der Waals surface area contributed by atoms with Crippen LogP contribution in [0.1, 0.15) is 6.92 Å². The molecule has 100 valence electrons.